The van der Waals surface area contributed by atoms with Crippen molar-refractivity contribution in [2.45, 2.75) is 13.0 Å². The number of carbonyl (C=O) groups is 2. The van der Waals surface area contributed by atoms with Gasteiger partial charge in [-0.15, -0.1) is 0 Å². The SMILES string of the molecule is C[C@@H](Oc1ccc(C(=O)c2ccccc2)cc1)C(=O)Nc1cccc(Cl)c1. The van der Waals surface area contributed by atoms with E-state index in [1.54, 1.807) is 67.6 Å². The molecule has 3 rings (SSSR count). The lowest BCUT2D eigenvalue weighted by Crippen LogP contribution is -2.30. The fourth-order valence-electron chi connectivity index (χ4n) is 2.51. The standard InChI is InChI=1S/C22H18ClNO3/c1-15(22(26)24-19-9-5-8-18(23)14-19)27-20-12-10-17(11-13-20)21(25)16-6-3-2-4-7-16/h2-15H,1H3,(H,24,26)/t15-/m1/s1. The summed E-state index contributed by atoms with van der Waals surface area (Å²) in [6.07, 6.45) is -0.709. The third-order valence-corrected chi connectivity index (χ3v) is 4.16. The minimum Gasteiger partial charge on any atom is -0.481 e. The average molecular weight is 380 g/mol. The molecule has 0 spiro atoms. The van der Waals surface area contributed by atoms with Crippen molar-refractivity contribution in [3.63, 3.8) is 0 Å². The van der Waals surface area contributed by atoms with Gasteiger partial charge in [-0.05, 0) is 49.4 Å². The van der Waals surface area contributed by atoms with E-state index in [0.29, 0.717) is 27.6 Å². The van der Waals surface area contributed by atoms with Gasteiger partial charge in [0.2, 0.25) is 0 Å². The molecule has 0 heterocycles. The molecule has 0 unspecified atom stereocenters. The van der Waals surface area contributed by atoms with Crippen LogP contribution in [-0.2, 0) is 4.79 Å². The maximum absolute atomic E-state index is 12.4. The van der Waals surface area contributed by atoms with E-state index in [2.05, 4.69) is 5.32 Å². The van der Waals surface area contributed by atoms with Crippen molar-refractivity contribution < 1.29 is 14.3 Å². The van der Waals surface area contributed by atoms with E-state index in [1.807, 2.05) is 18.2 Å². The Morgan fingerprint density at radius 1 is 0.889 bits per heavy atom. The number of nitrogens with one attached hydrogen (secondary N) is 1. The summed E-state index contributed by atoms with van der Waals surface area (Å²) in [5, 5.41) is 3.29. The first-order valence-corrected chi connectivity index (χ1v) is 8.83. The Hall–Kier alpha value is -3.11. The number of rotatable bonds is 6. The number of hydrogen-bond donors (Lipinski definition) is 1. The van der Waals surface area contributed by atoms with Crippen molar-refractivity contribution in [2.75, 3.05) is 5.32 Å². The third-order valence-electron chi connectivity index (χ3n) is 3.93. The number of amides is 1. The van der Waals surface area contributed by atoms with Crippen molar-refractivity contribution in [3.05, 3.63) is 95.0 Å². The van der Waals surface area contributed by atoms with Crippen LogP contribution in [0, 0.1) is 0 Å². The van der Waals surface area contributed by atoms with Gasteiger partial charge in [0.25, 0.3) is 5.91 Å². The summed E-state index contributed by atoms with van der Waals surface area (Å²) in [6, 6.07) is 22.7. The Balaban J connectivity index is 1.62. The van der Waals surface area contributed by atoms with Crippen LogP contribution in [0.4, 0.5) is 5.69 Å². The second kappa shape index (κ2) is 8.52. The van der Waals surface area contributed by atoms with Gasteiger partial charge in [-0.25, -0.2) is 0 Å². The summed E-state index contributed by atoms with van der Waals surface area (Å²) < 4.78 is 5.66. The molecule has 1 N–H and O–H groups in total. The molecule has 0 radical (unpaired) electrons. The molecule has 1 amide bonds. The van der Waals surface area contributed by atoms with Crippen LogP contribution in [-0.4, -0.2) is 17.8 Å². The summed E-state index contributed by atoms with van der Waals surface area (Å²) in [6.45, 7) is 1.66. The van der Waals surface area contributed by atoms with Gasteiger partial charge >= 0.3 is 0 Å². The number of ether oxygens (including phenoxy) is 1. The maximum atomic E-state index is 12.4. The monoisotopic (exact) mass is 379 g/mol. The minimum atomic E-state index is -0.709. The molecule has 4 nitrogen and oxygen atoms in total. The van der Waals surface area contributed by atoms with E-state index in [0.717, 1.165) is 0 Å². The zero-order chi connectivity index (χ0) is 19.2. The van der Waals surface area contributed by atoms with Gasteiger partial charge in [0, 0.05) is 21.8 Å². The van der Waals surface area contributed by atoms with Gasteiger partial charge in [0.05, 0.1) is 0 Å². The Morgan fingerprint density at radius 3 is 2.22 bits per heavy atom. The van der Waals surface area contributed by atoms with Crippen LogP contribution in [0.2, 0.25) is 5.02 Å². The molecule has 0 saturated carbocycles. The van der Waals surface area contributed by atoms with Crippen molar-refractivity contribution in [1.82, 2.24) is 0 Å². The molecule has 136 valence electrons. The van der Waals surface area contributed by atoms with Crippen molar-refractivity contribution >= 4 is 29.0 Å². The Labute approximate surface area is 162 Å². The highest BCUT2D eigenvalue weighted by atomic mass is 35.5. The van der Waals surface area contributed by atoms with E-state index < -0.39 is 6.10 Å². The molecule has 5 heteroatoms. The molecule has 3 aromatic carbocycles. The van der Waals surface area contributed by atoms with E-state index in [1.165, 1.54) is 0 Å². The highest BCUT2D eigenvalue weighted by Gasteiger charge is 2.15. The fraction of sp³-hybridized carbons (Fsp3) is 0.0909. The Bertz CT molecular complexity index is 939. The van der Waals surface area contributed by atoms with Crippen molar-refractivity contribution in [1.29, 1.82) is 0 Å². The van der Waals surface area contributed by atoms with E-state index in [9.17, 15) is 9.59 Å². The quantitative estimate of drug-likeness (QED) is 0.615. The van der Waals surface area contributed by atoms with E-state index in [4.69, 9.17) is 16.3 Å². The summed E-state index contributed by atoms with van der Waals surface area (Å²) >= 11 is 5.91. The predicted molar refractivity (Wildman–Crippen MR) is 106 cm³/mol. The van der Waals surface area contributed by atoms with Crippen LogP contribution in [0.25, 0.3) is 0 Å². The summed E-state index contributed by atoms with van der Waals surface area (Å²) in [5.74, 6) is 0.156. The number of anilines is 1. The third kappa shape index (κ3) is 4.96. The molecular weight excluding hydrogens is 362 g/mol. The Morgan fingerprint density at radius 2 is 1.56 bits per heavy atom. The number of halogens is 1. The van der Waals surface area contributed by atoms with Crippen molar-refractivity contribution in [3.8, 4) is 5.75 Å². The average Bonchev–Trinajstić information content (AvgIpc) is 2.68. The highest BCUT2D eigenvalue weighted by Crippen LogP contribution is 2.18. The zero-order valence-electron chi connectivity index (χ0n) is 14.7. The molecule has 1 atom stereocenters. The van der Waals surface area contributed by atoms with Gasteiger partial charge in [-0.1, -0.05) is 48.0 Å². The smallest absolute Gasteiger partial charge is 0.265 e. The van der Waals surface area contributed by atoms with Crippen LogP contribution in [0.5, 0.6) is 5.75 Å². The first kappa shape index (κ1) is 18.7. The van der Waals surface area contributed by atoms with Crippen LogP contribution in [0.3, 0.4) is 0 Å². The summed E-state index contributed by atoms with van der Waals surface area (Å²) in [7, 11) is 0. The molecule has 0 aromatic heterocycles. The van der Waals surface area contributed by atoms with Crippen LogP contribution >= 0.6 is 11.6 Å². The number of hydrogen-bond acceptors (Lipinski definition) is 3. The molecule has 0 fully saturated rings. The van der Waals surface area contributed by atoms with Crippen LogP contribution < -0.4 is 10.1 Å². The van der Waals surface area contributed by atoms with Crippen molar-refractivity contribution in [2.24, 2.45) is 0 Å². The highest BCUT2D eigenvalue weighted by molar-refractivity contribution is 6.30. The number of benzene rings is 3. The van der Waals surface area contributed by atoms with Gasteiger partial charge in [0.15, 0.2) is 11.9 Å². The summed E-state index contributed by atoms with van der Waals surface area (Å²) in [5.41, 5.74) is 1.79. The lowest BCUT2D eigenvalue weighted by molar-refractivity contribution is -0.122. The van der Waals surface area contributed by atoms with E-state index >= 15 is 0 Å². The largest absolute Gasteiger partial charge is 0.481 e. The molecule has 3 aromatic rings. The lowest BCUT2D eigenvalue weighted by atomic mass is 10.0. The predicted octanol–water partition coefficient (Wildman–Crippen LogP) is 4.98. The van der Waals surface area contributed by atoms with Gasteiger partial charge < -0.3 is 10.1 Å². The van der Waals surface area contributed by atoms with Crippen LogP contribution in [0.1, 0.15) is 22.8 Å². The first-order chi connectivity index (χ1) is 13.0. The van der Waals surface area contributed by atoms with Gasteiger partial charge in [-0.2, -0.15) is 0 Å². The van der Waals surface area contributed by atoms with Gasteiger partial charge in [0.1, 0.15) is 5.75 Å². The second-order valence-electron chi connectivity index (χ2n) is 5.98. The topological polar surface area (TPSA) is 55.4 Å². The second-order valence-corrected chi connectivity index (χ2v) is 6.42. The molecule has 27 heavy (non-hydrogen) atoms. The maximum Gasteiger partial charge on any atom is 0.265 e. The minimum absolute atomic E-state index is 0.0612. The number of carbonyl (C=O) groups excluding carboxylic acids is 2. The molecule has 0 aliphatic carbocycles. The first-order valence-electron chi connectivity index (χ1n) is 8.46. The van der Waals surface area contributed by atoms with E-state index in [-0.39, 0.29) is 11.7 Å². The Kier molecular flexibility index (Phi) is 5.89. The molecule has 0 bridgehead atoms. The van der Waals surface area contributed by atoms with Gasteiger partial charge in [-0.3, -0.25) is 9.59 Å². The number of ketones is 1. The lowest BCUT2D eigenvalue weighted by Gasteiger charge is -2.15. The molecule has 0 aliphatic rings. The fourth-order valence-corrected chi connectivity index (χ4v) is 2.70. The molecule has 0 saturated heterocycles. The molecular formula is C22H18ClNO3. The summed E-state index contributed by atoms with van der Waals surface area (Å²) in [4.78, 5) is 24.7. The zero-order valence-corrected chi connectivity index (χ0v) is 15.4. The normalized spacial score (nSPS) is 11.5. The molecule has 0 aliphatic heterocycles. The van der Waals surface area contributed by atoms with Crippen LogP contribution in [0.15, 0.2) is 78.9 Å².